The van der Waals surface area contributed by atoms with Crippen molar-refractivity contribution in [2.75, 3.05) is 0 Å². The van der Waals surface area contributed by atoms with E-state index in [4.69, 9.17) is 0 Å². The van der Waals surface area contributed by atoms with Crippen molar-refractivity contribution in [3.05, 3.63) is 71.3 Å². The first-order valence-electron chi connectivity index (χ1n) is 6.27. The average Bonchev–Trinajstić information content (AvgIpc) is 2.47. The van der Waals surface area contributed by atoms with E-state index in [-0.39, 0.29) is 0 Å². The lowest BCUT2D eigenvalue weighted by Crippen LogP contribution is -2.28. The SMILES string of the molecule is O=C(NN=Cc1cccc(F)c1)NN=Cc1cccc(F)c1. The van der Waals surface area contributed by atoms with Crippen LogP contribution in [0.1, 0.15) is 11.1 Å². The summed E-state index contributed by atoms with van der Waals surface area (Å²) < 4.78 is 25.8. The van der Waals surface area contributed by atoms with E-state index >= 15 is 0 Å². The van der Waals surface area contributed by atoms with Crippen molar-refractivity contribution in [3.63, 3.8) is 0 Å². The predicted octanol–water partition coefficient (Wildman–Crippen LogP) is 2.63. The van der Waals surface area contributed by atoms with E-state index in [0.29, 0.717) is 11.1 Å². The smallest absolute Gasteiger partial charge is 0.245 e. The van der Waals surface area contributed by atoms with E-state index in [1.165, 1.54) is 48.8 Å². The van der Waals surface area contributed by atoms with Crippen molar-refractivity contribution < 1.29 is 13.6 Å². The maximum atomic E-state index is 12.9. The first-order valence-corrected chi connectivity index (χ1v) is 6.27. The van der Waals surface area contributed by atoms with Gasteiger partial charge in [-0.1, -0.05) is 24.3 Å². The molecule has 0 unspecified atom stereocenters. The number of hydrogen-bond acceptors (Lipinski definition) is 3. The van der Waals surface area contributed by atoms with Gasteiger partial charge in [-0.3, -0.25) is 0 Å². The van der Waals surface area contributed by atoms with Gasteiger partial charge in [-0.2, -0.15) is 10.2 Å². The minimum atomic E-state index is -0.680. The summed E-state index contributed by atoms with van der Waals surface area (Å²) in [6, 6.07) is 10.8. The molecule has 22 heavy (non-hydrogen) atoms. The number of urea groups is 1. The van der Waals surface area contributed by atoms with Crippen LogP contribution in [0.15, 0.2) is 58.7 Å². The van der Waals surface area contributed by atoms with E-state index in [9.17, 15) is 13.6 Å². The normalized spacial score (nSPS) is 11.0. The predicted molar refractivity (Wildman–Crippen MR) is 79.7 cm³/mol. The number of rotatable bonds is 4. The Balaban J connectivity index is 1.81. The second-order valence-electron chi connectivity index (χ2n) is 4.18. The molecule has 112 valence electrons. The standard InChI is InChI=1S/C15H12F2N4O/c16-13-5-1-3-11(7-13)9-18-20-15(22)21-19-10-12-4-2-6-14(17)8-12/h1-10H,(H2,20,21,22). The van der Waals surface area contributed by atoms with Crippen LogP contribution in [0.3, 0.4) is 0 Å². The monoisotopic (exact) mass is 302 g/mol. The maximum Gasteiger partial charge on any atom is 0.355 e. The zero-order chi connectivity index (χ0) is 15.8. The largest absolute Gasteiger partial charge is 0.355 e. The third-order valence-electron chi connectivity index (χ3n) is 2.46. The highest BCUT2D eigenvalue weighted by molar-refractivity contribution is 5.83. The van der Waals surface area contributed by atoms with Crippen molar-refractivity contribution in [1.82, 2.24) is 10.9 Å². The van der Waals surface area contributed by atoms with Gasteiger partial charge in [-0.05, 0) is 35.4 Å². The molecule has 2 amide bonds. The minimum absolute atomic E-state index is 0.395. The average molecular weight is 302 g/mol. The second-order valence-corrected chi connectivity index (χ2v) is 4.18. The Morgan fingerprint density at radius 1 is 0.864 bits per heavy atom. The van der Waals surface area contributed by atoms with Crippen LogP contribution in [0.4, 0.5) is 13.6 Å². The Morgan fingerprint density at radius 3 is 1.73 bits per heavy atom. The van der Waals surface area contributed by atoms with Crippen LogP contribution in [0.5, 0.6) is 0 Å². The highest BCUT2D eigenvalue weighted by atomic mass is 19.1. The van der Waals surface area contributed by atoms with Gasteiger partial charge in [-0.25, -0.2) is 24.4 Å². The molecular formula is C15H12F2N4O. The molecule has 0 atom stereocenters. The second kappa shape index (κ2) is 7.63. The summed E-state index contributed by atoms with van der Waals surface area (Å²) in [5.74, 6) is -0.791. The molecule has 0 saturated carbocycles. The van der Waals surface area contributed by atoms with Crippen molar-refractivity contribution >= 4 is 18.5 Å². The van der Waals surface area contributed by atoms with Crippen molar-refractivity contribution in [2.24, 2.45) is 10.2 Å². The molecule has 2 N–H and O–H groups in total. The lowest BCUT2D eigenvalue weighted by molar-refractivity contribution is 0.242. The van der Waals surface area contributed by atoms with Gasteiger partial charge >= 0.3 is 6.03 Å². The summed E-state index contributed by atoms with van der Waals surface area (Å²) in [5.41, 5.74) is 5.32. The molecule has 0 aromatic heterocycles. The summed E-state index contributed by atoms with van der Waals surface area (Å²) in [6.07, 6.45) is 2.58. The molecule has 2 aromatic carbocycles. The van der Waals surface area contributed by atoms with Crippen LogP contribution in [-0.4, -0.2) is 18.5 Å². The van der Waals surface area contributed by atoms with Gasteiger partial charge < -0.3 is 0 Å². The summed E-state index contributed by atoms with van der Waals surface area (Å²) in [5, 5.41) is 7.27. The molecular weight excluding hydrogens is 290 g/mol. The molecule has 0 spiro atoms. The van der Waals surface area contributed by atoms with Crippen LogP contribution in [-0.2, 0) is 0 Å². The molecule has 2 rings (SSSR count). The quantitative estimate of drug-likeness (QED) is 0.662. The topological polar surface area (TPSA) is 65.8 Å². The Kier molecular flexibility index (Phi) is 5.31. The fraction of sp³-hybridized carbons (Fsp3) is 0. The van der Waals surface area contributed by atoms with E-state index in [0.717, 1.165) is 0 Å². The van der Waals surface area contributed by atoms with Crippen molar-refractivity contribution in [3.8, 4) is 0 Å². The van der Waals surface area contributed by atoms with Crippen LogP contribution in [0.2, 0.25) is 0 Å². The van der Waals surface area contributed by atoms with Gasteiger partial charge in [0.25, 0.3) is 0 Å². The van der Waals surface area contributed by atoms with Gasteiger partial charge in [0.15, 0.2) is 0 Å². The Morgan fingerprint density at radius 2 is 1.32 bits per heavy atom. The molecule has 5 nitrogen and oxygen atoms in total. The molecule has 0 saturated heterocycles. The maximum absolute atomic E-state index is 12.9. The highest BCUT2D eigenvalue weighted by Crippen LogP contribution is 2.00. The summed E-state index contributed by atoms with van der Waals surface area (Å²) >= 11 is 0. The van der Waals surface area contributed by atoms with Crippen LogP contribution >= 0.6 is 0 Å². The minimum Gasteiger partial charge on any atom is -0.245 e. The van der Waals surface area contributed by atoms with Gasteiger partial charge in [0.2, 0.25) is 0 Å². The molecule has 0 bridgehead atoms. The van der Waals surface area contributed by atoms with Gasteiger partial charge in [0.05, 0.1) is 12.4 Å². The first-order chi connectivity index (χ1) is 10.6. The number of hydrazone groups is 2. The third-order valence-corrected chi connectivity index (χ3v) is 2.46. The van der Waals surface area contributed by atoms with Crippen molar-refractivity contribution in [2.45, 2.75) is 0 Å². The summed E-state index contributed by atoms with van der Waals surface area (Å²) in [6.45, 7) is 0. The lowest BCUT2D eigenvalue weighted by atomic mass is 10.2. The molecule has 0 radical (unpaired) electrons. The Labute approximate surface area is 125 Å². The molecule has 2 aromatic rings. The molecule has 0 heterocycles. The number of amides is 2. The van der Waals surface area contributed by atoms with Crippen LogP contribution in [0.25, 0.3) is 0 Å². The van der Waals surface area contributed by atoms with Gasteiger partial charge in [0, 0.05) is 0 Å². The first kappa shape index (κ1) is 15.3. The molecule has 0 fully saturated rings. The number of hydrogen-bond donors (Lipinski definition) is 2. The van der Waals surface area contributed by atoms with Gasteiger partial charge in [0.1, 0.15) is 11.6 Å². The molecule has 0 aliphatic carbocycles. The molecule has 7 heteroatoms. The Hall–Kier alpha value is -3.09. The van der Waals surface area contributed by atoms with Crippen LogP contribution in [0, 0.1) is 11.6 Å². The van der Waals surface area contributed by atoms with E-state index in [1.54, 1.807) is 12.1 Å². The Bertz CT molecular complexity index is 657. The van der Waals surface area contributed by atoms with E-state index < -0.39 is 17.7 Å². The number of carbonyl (C=O) groups excluding carboxylic acids is 1. The van der Waals surface area contributed by atoms with Crippen LogP contribution < -0.4 is 10.9 Å². The highest BCUT2D eigenvalue weighted by Gasteiger charge is 1.96. The molecule has 0 aliphatic heterocycles. The lowest BCUT2D eigenvalue weighted by Gasteiger charge is -1.98. The fourth-order valence-corrected chi connectivity index (χ4v) is 1.53. The molecule has 0 aliphatic rings. The zero-order valence-corrected chi connectivity index (χ0v) is 11.3. The number of benzene rings is 2. The number of halogens is 2. The van der Waals surface area contributed by atoms with E-state index in [1.807, 2.05) is 0 Å². The number of nitrogens with one attached hydrogen (secondary N) is 2. The zero-order valence-electron chi connectivity index (χ0n) is 11.3. The number of nitrogens with zero attached hydrogens (tertiary/aromatic N) is 2. The van der Waals surface area contributed by atoms with E-state index in [2.05, 4.69) is 21.1 Å². The van der Waals surface area contributed by atoms with Gasteiger partial charge in [-0.15, -0.1) is 0 Å². The fourth-order valence-electron chi connectivity index (χ4n) is 1.53. The third kappa shape index (κ3) is 5.12. The summed E-state index contributed by atoms with van der Waals surface area (Å²) in [7, 11) is 0. The number of carbonyl (C=O) groups is 1. The summed E-state index contributed by atoms with van der Waals surface area (Å²) in [4.78, 5) is 11.4. The van der Waals surface area contributed by atoms with Crippen molar-refractivity contribution in [1.29, 1.82) is 0 Å².